The van der Waals surface area contributed by atoms with Crippen molar-refractivity contribution in [3.63, 3.8) is 0 Å². The van der Waals surface area contributed by atoms with E-state index >= 15 is 0 Å². The Morgan fingerprint density at radius 3 is 2.87 bits per heavy atom. The van der Waals surface area contributed by atoms with Crippen LogP contribution >= 0.6 is 0 Å². The van der Waals surface area contributed by atoms with E-state index in [9.17, 15) is 4.79 Å². The molecular weight excluding hydrogens is 376 g/mol. The molecular formula is C24H26N4O2. The highest BCUT2D eigenvalue weighted by Crippen LogP contribution is 2.32. The molecule has 1 amide bonds. The van der Waals surface area contributed by atoms with Gasteiger partial charge in [0.05, 0.1) is 25.5 Å². The lowest BCUT2D eigenvalue weighted by molar-refractivity contribution is 0.0951. The number of fused-ring (bicyclic) bond motifs is 1. The second kappa shape index (κ2) is 7.69. The first-order valence-corrected chi connectivity index (χ1v) is 10.6. The Kier molecular flexibility index (Phi) is 4.87. The van der Waals surface area contributed by atoms with Crippen molar-refractivity contribution < 1.29 is 9.53 Å². The number of amides is 1. The van der Waals surface area contributed by atoms with Crippen molar-refractivity contribution in [2.24, 2.45) is 0 Å². The maximum Gasteiger partial charge on any atom is 0.251 e. The van der Waals surface area contributed by atoms with Crippen LogP contribution in [0.2, 0.25) is 0 Å². The maximum atomic E-state index is 12.5. The largest absolute Gasteiger partial charge is 0.377 e. The van der Waals surface area contributed by atoms with Crippen molar-refractivity contribution >= 4 is 22.5 Å². The molecule has 2 aromatic carbocycles. The van der Waals surface area contributed by atoms with Gasteiger partial charge in [0.2, 0.25) is 0 Å². The van der Waals surface area contributed by atoms with Gasteiger partial charge in [0.1, 0.15) is 0 Å². The van der Waals surface area contributed by atoms with Crippen molar-refractivity contribution in [2.45, 2.75) is 38.8 Å². The molecule has 0 radical (unpaired) electrons. The lowest BCUT2D eigenvalue weighted by Gasteiger charge is -2.34. The Morgan fingerprint density at radius 2 is 2.07 bits per heavy atom. The zero-order valence-corrected chi connectivity index (χ0v) is 17.4. The summed E-state index contributed by atoms with van der Waals surface area (Å²) in [7, 11) is 0. The Labute approximate surface area is 176 Å². The van der Waals surface area contributed by atoms with E-state index in [1.165, 1.54) is 0 Å². The lowest BCUT2D eigenvalue weighted by Crippen LogP contribution is -2.44. The van der Waals surface area contributed by atoms with Crippen LogP contribution in [0.5, 0.6) is 0 Å². The second-order valence-corrected chi connectivity index (χ2v) is 8.36. The van der Waals surface area contributed by atoms with E-state index in [2.05, 4.69) is 52.5 Å². The molecule has 0 spiro atoms. The molecule has 1 saturated carbocycles. The summed E-state index contributed by atoms with van der Waals surface area (Å²) in [6.45, 7) is 6.44. The minimum absolute atomic E-state index is 0.00833. The SMILES string of the molecule is Cc1ccc(C(=O)NC2CC2)cc1-c1ccc2c(N3CCOC[C@H]3C)nncc2c1. The summed E-state index contributed by atoms with van der Waals surface area (Å²) in [6, 6.07) is 12.9. The van der Waals surface area contributed by atoms with Crippen LogP contribution in [0.1, 0.15) is 35.7 Å². The van der Waals surface area contributed by atoms with Crippen LogP contribution in [0.4, 0.5) is 5.82 Å². The highest BCUT2D eigenvalue weighted by atomic mass is 16.5. The van der Waals surface area contributed by atoms with Crippen molar-refractivity contribution in [1.29, 1.82) is 0 Å². The summed E-state index contributed by atoms with van der Waals surface area (Å²) in [5.41, 5.74) is 3.99. The topological polar surface area (TPSA) is 67.4 Å². The first-order chi connectivity index (χ1) is 14.6. The van der Waals surface area contributed by atoms with Crippen LogP contribution in [0.25, 0.3) is 21.9 Å². The van der Waals surface area contributed by atoms with E-state index in [4.69, 9.17) is 4.74 Å². The summed E-state index contributed by atoms with van der Waals surface area (Å²) in [4.78, 5) is 14.8. The first-order valence-electron chi connectivity index (χ1n) is 10.6. The van der Waals surface area contributed by atoms with E-state index < -0.39 is 0 Å². The molecule has 6 heteroatoms. The first kappa shape index (κ1) is 19.0. The monoisotopic (exact) mass is 402 g/mol. The van der Waals surface area contributed by atoms with Crippen LogP contribution < -0.4 is 10.2 Å². The Morgan fingerprint density at radius 1 is 1.20 bits per heavy atom. The molecule has 2 heterocycles. The van der Waals surface area contributed by atoms with E-state index in [0.717, 1.165) is 52.7 Å². The fraction of sp³-hybridized carbons (Fsp3) is 0.375. The third-order valence-electron chi connectivity index (χ3n) is 6.00. The Bertz CT molecular complexity index is 1110. The number of aryl methyl sites for hydroxylation is 1. The van der Waals surface area contributed by atoms with Gasteiger partial charge in [0.25, 0.3) is 5.91 Å². The molecule has 1 saturated heterocycles. The maximum absolute atomic E-state index is 12.5. The van der Waals surface area contributed by atoms with E-state index in [-0.39, 0.29) is 11.9 Å². The van der Waals surface area contributed by atoms with Gasteiger partial charge >= 0.3 is 0 Å². The molecule has 0 unspecified atom stereocenters. The molecule has 6 nitrogen and oxygen atoms in total. The average Bonchev–Trinajstić information content (AvgIpc) is 3.57. The number of ether oxygens (including phenoxy) is 1. The van der Waals surface area contributed by atoms with Crippen LogP contribution in [-0.2, 0) is 4.74 Å². The number of nitrogens with zero attached hydrogens (tertiary/aromatic N) is 3. The number of carbonyl (C=O) groups excluding carboxylic acids is 1. The van der Waals surface area contributed by atoms with Crippen LogP contribution in [0, 0.1) is 6.92 Å². The van der Waals surface area contributed by atoms with Crippen LogP contribution in [0.15, 0.2) is 42.6 Å². The smallest absolute Gasteiger partial charge is 0.251 e. The summed E-state index contributed by atoms with van der Waals surface area (Å²) >= 11 is 0. The average molecular weight is 402 g/mol. The van der Waals surface area contributed by atoms with Gasteiger partial charge in [0, 0.05) is 28.9 Å². The van der Waals surface area contributed by atoms with Gasteiger partial charge in [-0.1, -0.05) is 12.1 Å². The van der Waals surface area contributed by atoms with E-state index in [1.54, 1.807) is 0 Å². The molecule has 3 aromatic rings. The Hall–Kier alpha value is -2.99. The van der Waals surface area contributed by atoms with Gasteiger partial charge in [-0.3, -0.25) is 4.79 Å². The number of nitrogens with one attached hydrogen (secondary N) is 1. The molecule has 1 aliphatic heterocycles. The number of hydrogen-bond acceptors (Lipinski definition) is 5. The summed E-state index contributed by atoms with van der Waals surface area (Å²) in [5.74, 6) is 0.915. The van der Waals surface area contributed by atoms with Crippen molar-refractivity contribution in [3.05, 3.63) is 53.7 Å². The number of benzene rings is 2. The highest BCUT2D eigenvalue weighted by Gasteiger charge is 2.24. The quantitative estimate of drug-likeness (QED) is 0.720. The lowest BCUT2D eigenvalue weighted by atomic mass is 9.96. The highest BCUT2D eigenvalue weighted by molar-refractivity contribution is 5.98. The molecule has 1 N–H and O–H groups in total. The second-order valence-electron chi connectivity index (χ2n) is 8.36. The molecule has 1 aliphatic carbocycles. The van der Waals surface area contributed by atoms with Gasteiger partial charge in [-0.15, -0.1) is 5.10 Å². The molecule has 0 bridgehead atoms. The van der Waals surface area contributed by atoms with Crippen molar-refractivity contribution in [2.75, 3.05) is 24.7 Å². The third-order valence-corrected chi connectivity index (χ3v) is 6.00. The standard InChI is InChI=1S/C24H26N4O2/c1-15-3-4-18(24(29)26-20-6-7-20)12-22(15)17-5-8-21-19(11-17)13-25-27-23(21)28-9-10-30-14-16(28)2/h3-5,8,11-13,16,20H,6-7,9-10,14H2,1-2H3,(H,26,29)/t16-/m1/s1. The van der Waals surface area contributed by atoms with Gasteiger partial charge in [-0.2, -0.15) is 5.10 Å². The number of rotatable bonds is 4. The third kappa shape index (κ3) is 3.63. The predicted octanol–water partition coefficient (Wildman–Crippen LogP) is 3.72. The summed E-state index contributed by atoms with van der Waals surface area (Å²) in [6.07, 6.45) is 3.98. The van der Waals surface area contributed by atoms with E-state index in [1.807, 2.05) is 24.4 Å². The number of anilines is 1. The predicted molar refractivity (Wildman–Crippen MR) is 118 cm³/mol. The van der Waals surface area contributed by atoms with Gasteiger partial charge < -0.3 is 15.0 Å². The van der Waals surface area contributed by atoms with Gasteiger partial charge in [0.15, 0.2) is 5.82 Å². The number of carbonyl (C=O) groups is 1. The summed E-state index contributed by atoms with van der Waals surface area (Å²) < 4.78 is 5.57. The van der Waals surface area contributed by atoms with Crippen molar-refractivity contribution in [1.82, 2.24) is 15.5 Å². The molecule has 5 rings (SSSR count). The minimum Gasteiger partial charge on any atom is -0.377 e. The van der Waals surface area contributed by atoms with Crippen LogP contribution in [-0.4, -0.2) is 47.9 Å². The molecule has 30 heavy (non-hydrogen) atoms. The Balaban J connectivity index is 1.52. The zero-order chi connectivity index (χ0) is 20.7. The van der Waals surface area contributed by atoms with E-state index in [0.29, 0.717) is 24.8 Å². The molecule has 1 atom stereocenters. The fourth-order valence-electron chi connectivity index (χ4n) is 4.06. The van der Waals surface area contributed by atoms with Crippen molar-refractivity contribution in [3.8, 4) is 11.1 Å². The van der Waals surface area contributed by atoms with Gasteiger partial charge in [-0.25, -0.2) is 0 Å². The van der Waals surface area contributed by atoms with Crippen LogP contribution in [0.3, 0.4) is 0 Å². The molecule has 1 aromatic heterocycles. The summed E-state index contributed by atoms with van der Waals surface area (Å²) in [5, 5.41) is 13.9. The number of morpholine rings is 1. The number of hydrogen-bond donors (Lipinski definition) is 1. The molecule has 154 valence electrons. The fourth-order valence-corrected chi connectivity index (χ4v) is 4.06. The van der Waals surface area contributed by atoms with Gasteiger partial charge in [-0.05, 0) is 67.6 Å². The minimum atomic E-state index is 0.00833. The number of aromatic nitrogens is 2. The normalized spacial score (nSPS) is 19.1. The zero-order valence-electron chi connectivity index (χ0n) is 17.4. The molecule has 2 fully saturated rings. The molecule has 2 aliphatic rings.